The van der Waals surface area contributed by atoms with E-state index in [4.69, 9.17) is 5.21 Å². The summed E-state index contributed by atoms with van der Waals surface area (Å²) in [5, 5.41) is 16.9. The van der Waals surface area contributed by atoms with Crippen molar-refractivity contribution in [2.45, 2.75) is 25.9 Å². The summed E-state index contributed by atoms with van der Waals surface area (Å²) in [5.74, 6) is 0.318. The molecule has 0 bridgehead atoms. The van der Waals surface area contributed by atoms with Gasteiger partial charge in [0, 0.05) is 25.7 Å². The summed E-state index contributed by atoms with van der Waals surface area (Å²) in [7, 11) is 1.43. The lowest BCUT2D eigenvalue weighted by Crippen LogP contribution is -2.22. The number of hydrogen-bond donors (Lipinski definition) is 3. The number of nitrogens with one attached hydrogen (secondary N) is 1. The number of hydroxylamine groups is 1. The van der Waals surface area contributed by atoms with Crippen LogP contribution in [-0.2, 0) is 19.5 Å². The molecule has 5 nitrogen and oxygen atoms in total. The van der Waals surface area contributed by atoms with E-state index < -0.39 is 0 Å². The summed E-state index contributed by atoms with van der Waals surface area (Å²) in [6.45, 7) is 2.76. The maximum Gasteiger partial charge on any atom is 0.150 e. The van der Waals surface area contributed by atoms with E-state index in [0.29, 0.717) is 5.75 Å². The second kappa shape index (κ2) is 9.17. The number of phenols is 1. The standard InChI is InChI=1S/C18H19NO2.CH5NO/c20-13-15-6-7-17-12-19(8-2-4-16(17)9-15)11-14-3-1-5-18(21)10-14;1-2-3/h1,3,5-7,9-10,13,21H,2,4,8,11-12H2;2-3H,1H3. The average molecular weight is 328 g/mol. The molecule has 128 valence electrons. The number of nitrogens with zero attached hydrogens (tertiary/aromatic N) is 1. The molecule has 0 fully saturated rings. The maximum absolute atomic E-state index is 10.9. The van der Waals surface area contributed by atoms with E-state index in [-0.39, 0.29) is 0 Å². The minimum Gasteiger partial charge on any atom is -0.508 e. The number of aromatic hydroxyl groups is 1. The molecule has 0 aromatic heterocycles. The van der Waals surface area contributed by atoms with Crippen LogP contribution in [0.25, 0.3) is 0 Å². The molecule has 2 aromatic carbocycles. The van der Waals surface area contributed by atoms with Crippen LogP contribution in [0.4, 0.5) is 0 Å². The zero-order valence-electron chi connectivity index (χ0n) is 13.9. The van der Waals surface area contributed by atoms with Crippen LogP contribution in [0.15, 0.2) is 42.5 Å². The first kappa shape index (κ1) is 18.1. The molecule has 0 aliphatic carbocycles. The lowest BCUT2D eigenvalue weighted by Gasteiger charge is -2.20. The van der Waals surface area contributed by atoms with Crippen molar-refractivity contribution in [3.8, 4) is 5.75 Å². The van der Waals surface area contributed by atoms with Gasteiger partial charge in [-0.05, 0) is 54.3 Å². The number of phenolic OH excluding ortho intramolecular Hbond substituents is 1. The number of carbonyl (C=O) groups excluding carboxylic acids is 1. The van der Waals surface area contributed by atoms with Gasteiger partial charge < -0.3 is 10.3 Å². The molecule has 3 N–H and O–H groups in total. The zero-order valence-corrected chi connectivity index (χ0v) is 13.9. The van der Waals surface area contributed by atoms with Gasteiger partial charge in [0.1, 0.15) is 12.0 Å². The van der Waals surface area contributed by atoms with E-state index in [1.807, 2.05) is 30.3 Å². The monoisotopic (exact) mass is 328 g/mol. The van der Waals surface area contributed by atoms with Crippen LogP contribution in [0.3, 0.4) is 0 Å². The lowest BCUT2D eigenvalue weighted by molar-refractivity contribution is 0.112. The van der Waals surface area contributed by atoms with E-state index >= 15 is 0 Å². The van der Waals surface area contributed by atoms with E-state index in [1.54, 1.807) is 11.5 Å². The molecule has 1 heterocycles. The Labute approximate surface area is 142 Å². The molecule has 0 saturated heterocycles. The second-order valence-corrected chi connectivity index (χ2v) is 5.85. The third-order valence-electron chi connectivity index (χ3n) is 4.00. The largest absolute Gasteiger partial charge is 0.508 e. The van der Waals surface area contributed by atoms with Gasteiger partial charge in [-0.1, -0.05) is 24.3 Å². The van der Waals surface area contributed by atoms with Gasteiger partial charge in [-0.15, -0.1) is 0 Å². The molecular formula is C19H24N2O3. The highest BCUT2D eigenvalue weighted by molar-refractivity contribution is 5.75. The summed E-state index contributed by atoms with van der Waals surface area (Å²) in [5.41, 5.74) is 6.23. The second-order valence-electron chi connectivity index (χ2n) is 5.85. The smallest absolute Gasteiger partial charge is 0.150 e. The number of rotatable bonds is 3. The van der Waals surface area contributed by atoms with Crippen LogP contribution >= 0.6 is 0 Å². The van der Waals surface area contributed by atoms with Gasteiger partial charge >= 0.3 is 0 Å². The van der Waals surface area contributed by atoms with E-state index in [0.717, 1.165) is 49.9 Å². The van der Waals surface area contributed by atoms with Crippen LogP contribution in [0.2, 0.25) is 0 Å². The van der Waals surface area contributed by atoms with Gasteiger partial charge in [0.2, 0.25) is 0 Å². The summed E-state index contributed by atoms with van der Waals surface area (Å²) in [6.07, 6.45) is 3.03. The molecule has 5 heteroatoms. The fourth-order valence-electron chi connectivity index (χ4n) is 2.97. The molecule has 1 aliphatic rings. The molecule has 0 radical (unpaired) electrons. The first-order valence-electron chi connectivity index (χ1n) is 8.04. The Kier molecular flexibility index (Phi) is 6.93. The number of hydrogen-bond acceptors (Lipinski definition) is 5. The Morgan fingerprint density at radius 2 is 2.00 bits per heavy atom. The average Bonchev–Trinajstić information content (AvgIpc) is 2.76. The van der Waals surface area contributed by atoms with Crippen LogP contribution in [0, 0.1) is 0 Å². The molecule has 0 spiro atoms. The zero-order chi connectivity index (χ0) is 17.4. The number of carbonyl (C=O) groups is 1. The van der Waals surface area contributed by atoms with Crippen LogP contribution in [0.5, 0.6) is 5.75 Å². The van der Waals surface area contributed by atoms with E-state index in [2.05, 4.69) is 11.0 Å². The van der Waals surface area contributed by atoms with Gasteiger partial charge in [-0.3, -0.25) is 9.69 Å². The third kappa shape index (κ3) is 5.16. The van der Waals surface area contributed by atoms with Crippen LogP contribution in [0.1, 0.15) is 33.5 Å². The van der Waals surface area contributed by atoms with Gasteiger partial charge in [0.05, 0.1) is 0 Å². The van der Waals surface area contributed by atoms with E-state index in [9.17, 15) is 9.90 Å². The Morgan fingerprint density at radius 3 is 2.71 bits per heavy atom. The van der Waals surface area contributed by atoms with Gasteiger partial charge in [-0.2, -0.15) is 0 Å². The number of benzene rings is 2. The van der Waals surface area contributed by atoms with Crippen molar-refractivity contribution in [1.82, 2.24) is 10.4 Å². The molecule has 3 rings (SSSR count). The van der Waals surface area contributed by atoms with Gasteiger partial charge in [0.15, 0.2) is 0 Å². The number of fused-ring (bicyclic) bond motifs is 1. The lowest BCUT2D eigenvalue weighted by atomic mass is 10.0. The molecular weight excluding hydrogens is 304 g/mol. The van der Waals surface area contributed by atoms with Crippen molar-refractivity contribution < 1.29 is 15.1 Å². The number of aryl methyl sites for hydroxylation is 1. The Bertz CT molecular complexity index is 673. The molecule has 0 unspecified atom stereocenters. The maximum atomic E-state index is 10.9. The van der Waals surface area contributed by atoms with Crippen molar-refractivity contribution >= 4 is 6.29 Å². The first-order valence-corrected chi connectivity index (χ1v) is 8.04. The fourth-order valence-corrected chi connectivity index (χ4v) is 2.97. The molecule has 0 saturated carbocycles. The molecule has 2 aromatic rings. The van der Waals surface area contributed by atoms with Crippen LogP contribution in [-0.4, -0.2) is 35.1 Å². The predicted octanol–water partition coefficient (Wildman–Crippen LogP) is 2.75. The normalized spacial score (nSPS) is 14.1. The Morgan fingerprint density at radius 1 is 1.21 bits per heavy atom. The fraction of sp³-hybridized carbons (Fsp3) is 0.316. The number of aldehydes is 1. The molecule has 1 aliphatic heterocycles. The van der Waals surface area contributed by atoms with Crippen LogP contribution < -0.4 is 5.48 Å². The first-order chi connectivity index (χ1) is 11.7. The summed E-state index contributed by atoms with van der Waals surface area (Å²) >= 11 is 0. The topological polar surface area (TPSA) is 72.8 Å². The minimum absolute atomic E-state index is 0.318. The van der Waals surface area contributed by atoms with Crippen molar-refractivity contribution in [2.24, 2.45) is 0 Å². The highest BCUT2D eigenvalue weighted by Crippen LogP contribution is 2.22. The molecule has 0 amide bonds. The summed E-state index contributed by atoms with van der Waals surface area (Å²) < 4.78 is 0. The highest BCUT2D eigenvalue weighted by atomic mass is 16.5. The third-order valence-corrected chi connectivity index (χ3v) is 4.00. The molecule has 0 atom stereocenters. The van der Waals surface area contributed by atoms with E-state index in [1.165, 1.54) is 18.2 Å². The summed E-state index contributed by atoms with van der Waals surface area (Å²) in [6, 6.07) is 13.4. The van der Waals surface area contributed by atoms with Crippen molar-refractivity contribution in [3.63, 3.8) is 0 Å². The quantitative estimate of drug-likeness (QED) is 0.597. The van der Waals surface area contributed by atoms with Crippen molar-refractivity contribution in [2.75, 3.05) is 13.6 Å². The van der Waals surface area contributed by atoms with Gasteiger partial charge in [-0.25, -0.2) is 5.48 Å². The van der Waals surface area contributed by atoms with Crippen molar-refractivity contribution in [3.05, 3.63) is 64.7 Å². The molecule has 24 heavy (non-hydrogen) atoms. The highest BCUT2D eigenvalue weighted by Gasteiger charge is 2.15. The van der Waals surface area contributed by atoms with Gasteiger partial charge in [0.25, 0.3) is 0 Å². The predicted molar refractivity (Wildman–Crippen MR) is 93.2 cm³/mol. The minimum atomic E-state index is 0.318. The van der Waals surface area contributed by atoms with Crippen molar-refractivity contribution in [1.29, 1.82) is 0 Å². The SMILES string of the molecule is CNO.O=Cc1ccc2c(c1)CCCN(Cc1cccc(O)c1)C2. The summed E-state index contributed by atoms with van der Waals surface area (Å²) in [4.78, 5) is 13.3. The Balaban J connectivity index is 0.000000647. The Hall–Kier alpha value is -2.21.